The molecular formula is C8H13N3O. The Kier molecular flexibility index (Phi) is 1.92. The summed E-state index contributed by atoms with van der Waals surface area (Å²) < 4.78 is 1.57. The molecule has 0 fully saturated rings. The van der Waals surface area contributed by atoms with Crippen LogP contribution in [0.3, 0.4) is 0 Å². The molecule has 1 rings (SSSR count). The smallest absolute Gasteiger partial charge is 0.244 e. The van der Waals surface area contributed by atoms with E-state index >= 15 is 0 Å². The Bertz CT molecular complexity index is 301. The second-order valence-electron chi connectivity index (χ2n) is 3.39. The first-order valence-electron chi connectivity index (χ1n) is 3.76. The van der Waals surface area contributed by atoms with E-state index < -0.39 is 5.54 Å². The van der Waals surface area contributed by atoms with Crippen LogP contribution in [0.1, 0.15) is 19.4 Å². The van der Waals surface area contributed by atoms with Crippen LogP contribution in [0.5, 0.6) is 0 Å². The minimum atomic E-state index is -0.742. The first kappa shape index (κ1) is 8.77. The Morgan fingerprint density at radius 2 is 2.25 bits per heavy atom. The third-order valence-electron chi connectivity index (χ3n) is 1.89. The van der Waals surface area contributed by atoms with Gasteiger partial charge in [-0.05, 0) is 26.3 Å². The predicted molar refractivity (Wildman–Crippen MR) is 45.5 cm³/mol. The Morgan fingerprint density at radius 3 is 2.58 bits per heavy atom. The fraction of sp³-hybridized carbons (Fsp3) is 0.500. The van der Waals surface area contributed by atoms with Gasteiger partial charge in [-0.25, -0.2) is 0 Å². The number of amides is 1. The summed E-state index contributed by atoms with van der Waals surface area (Å²) in [4.78, 5) is 11.0. The third-order valence-corrected chi connectivity index (χ3v) is 1.89. The Balaban J connectivity index is 3.05. The first-order chi connectivity index (χ1) is 5.44. The van der Waals surface area contributed by atoms with Crippen molar-refractivity contribution in [3.63, 3.8) is 0 Å². The van der Waals surface area contributed by atoms with Gasteiger partial charge in [0, 0.05) is 6.20 Å². The molecule has 4 heteroatoms. The summed E-state index contributed by atoms with van der Waals surface area (Å²) in [7, 11) is 0. The topological polar surface area (TPSA) is 60.9 Å². The fourth-order valence-electron chi connectivity index (χ4n) is 0.831. The maximum absolute atomic E-state index is 11.0. The Hall–Kier alpha value is -1.32. The van der Waals surface area contributed by atoms with Crippen molar-refractivity contribution in [2.24, 2.45) is 5.73 Å². The van der Waals surface area contributed by atoms with Crippen molar-refractivity contribution in [2.45, 2.75) is 26.3 Å². The van der Waals surface area contributed by atoms with Gasteiger partial charge in [-0.2, -0.15) is 5.10 Å². The summed E-state index contributed by atoms with van der Waals surface area (Å²) in [6, 6.07) is 0. The molecule has 0 unspecified atom stereocenters. The van der Waals surface area contributed by atoms with E-state index in [1.54, 1.807) is 30.9 Å². The molecule has 2 N–H and O–H groups in total. The molecule has 1 aromatic rings. The average Bonchev–Trinajstić information content (AvgIpc) is 2.35. The molecule has 0 atom stereocenters. The average molecular weight is 167 g/mol. The normalized spacial score (nSPS) is 11.6. The molecule has 1 amide bonds. The van der Waals surface area contributed by atoms with Crippen molar-refractivity contribution in [3.05, 3.63) is 18.0 Å². The number of aromatic nitrogens is 2. The van der Waals surface area contributed by atoms with Crippen molar-refractivity contribution < 1.29 is 4.79 Å². The van der Waals surface area contributed by atoms with E-state index in [4.69, 9.17) is 5.73 Å². The maximum Gasteiger partial charge on any atom is 0.244 e. The van der Waals surface area contributed by atoms with Crippen LogP contribution in [-0.2, 0) is 10.3 Å². The highest BCUT2D eigenvalue weighted by Gasteiger charge is 2.27. The standard InChI is InChI=1S/C8H13N3O/c1-6-4-10-11(5-6)8(2,3)7(9)12/h4-5H,1-3H3,(H2,9,12). The first-order valence-corrected chi connectivity index (χ1v) is 3.76. The summed E-state index contributed by atoms with van der Waals surface area (Å²) in [5.74, 6) is -0.384. The van der Waals surface area contributed by atoms with Gasteiger partial charge in [0.15, 0.2) is 0 Å². The van der Waals surface area contributed by atoms with Gasteiger partial charge in [0.1, 0.15) is 5.54 Å². The largest absolute Gasteiger partial charge is 0.368 e. The van der Waals surface area contributed by atoms with E-state index in [-0.39, 0.29) is 5.91 Å². The molecule has 1 aromatic heterocycles. The summed E-state index contributed by atoms with van der Waals surface area (Å²) in [5, 5.41) is 4.02. The van der Waals surface area contributed by atoms with Crippen molar-refractivity contribution in [1.82, 2.24) is 9.78 Å². The summed E-state index contributed by atoms with van der Waals surface area (Å²) >= 11 is 0. The monoisotopic (exact) mass is 167 g/mol. The lowest BCUT2D eigenvalue weighted by Crippen LogP contribution is -2.41. The lowest BCUT2D eigenvalue weighted by molar-refractivity contribution is -0.125. The van der Waals surface area contributed by atoms with Gasteiger partial charge in [-0.15, -0.1) is 0 Å². The molecule has 0 bridgehead atoms. The van der Waals surface area contributed by atoms with Crippen molar-refractivity contribution >= 4 is 5.91 Å². The maximum atomic E-state index is 11.0. The molecule has 0 aromatic carbocycles. The second kappa shape index (κ2) is 2.62. The van der Waals surface area contributed by atoms with Gasteiger partial charge in [-0.1, -0.05) is 0 Å². The zero-order valence-electron chi connectivity index (χ0n) is 7.53. The highest BCUT2D eigenvalue weighted by Crippen LogP contribution is 2.13. The lowest BCUT2D eigenvalue weighted by Gasteiger charge is -2.20. The molecule has 0 saturated carbocycles. The summed E-state index contributed by atoms with van der Waals surface area (Å²) in [6.45, 7) is 5.39. The molecule has 0 aliphatic rings. The number of nitrogens with two attached hydrogens (primary N) is 1. The van der Waals surface area contributed by atoms with Crippen molar-refractivity contribution in [1.29, 1.82) is 0 Å². The van der Waals surface area contributed by atoms with Crippen LogP contribution in [0.15, 0.2) is 12.4 Å². The molecule has 0 saturated heterocycles. The van der Waals surface area contributed by atoms with Gasteiger partial charge in [-0.3, -0.25) is 9.48 Å². The molecule has 0 aliphatic heterocycles. The fourth-order valence-corrected chi connectivity index (χ4v) is 0.831. The molecule has 0 spiro atoms. The van der Waals surface area contributed by atoms with Crippen LogP contribution in [-0.4, -0.2) is 15.7 Å². The SMILES string of the molecule is Cc1cnn(C(C)(C)C(N)=O)c1. The van der Waals surface area contributed by atoms with E-state index in [9.17, 15) is 4.79 Å². The molecule has 12 heavy (non-hydrogen) atoms. The lowest BCUT2D eigenvalue weighted by atomic mass is 10.1. The van der Waals surface area contributed by atoms with Crippen molar-refractivity contribution in [3.8, 4) is 0 Å². The minimum Gasteiger partial charge on any atom is -0.368 e. The molecule has 0 aliphatic carbocycles. The molecule has 66 valence electrons. The van der Waals surface area contributed by atoms with Gasteiger partial charge in [0.25, 0.3) is 0 Å². The summed E-state index contributed by atoms with van der Waals surface area (Å²) in [5.41, 5.74) is 5.49. The Labute approximate surface area is 71.4 Å². The van der Waals surface area contributed by atoms with Crippen LogP contribution < -0.4 is 5.73 Å². The number of primary amides is 1. The number of rotatable bonds is 2. The number of carbonyl (C=O) groups excluding carboxylic acids is 1. The predicted octanol–water partition coefficient (Wildman–Crippen LogP) is 0.412. The Morgan fingerprint density at radius 1 is 1.67 bits per heavy atom. The van der Waals surface area contributed by atoms with Gasteiger partial charge >= 0.3 is 0 Å². The molecule has 0 radical (unpaired) electrons. The molecular weight excluding hydrogens is 154 g/mol. The number of nitrogens with zero attached hydrogens (tertiary/aromatic N) is 2. The quantitative estimate of drug-likeness (QED) is 0.693. The van der Waals surface area contributed by atoms with Crippen LogP contribution >= 0.6 is 0 Å². The number of carbonyl (C=O) groups is 1. The van der Waals surface area contributed by atoms with Crippen LogP contribution in [0.25, 0.3) is 0 Å². The van der Waals surface area contributed by atoms with Gasteiger partial charge in [0.05, 0.1) is 6.20 Å². The van der Waals surface area contributed by atoms with E-state index in [0.717, 1.165) is 5.56 Å². The molecule has 1 heterocycles. The van der Waals surface area contributed by atoms with Crippen LogP contribution in [0, 0.1) is 6.92 Å². The number of hydrogen-bond donors (Lipinski definition) is 1. The van der Waals surface area contributed by atoms with E-state index in [1.165, 1.54) is 0 Å². The third kappa shape index (κ3) is 1.32. The van der Waals surface area contributed by atoms with E-state index in [0.29, 0.717) is 0 Å². The zero-order valence-corrected chi connectivity index (χ0v) is 7.53. The highest BCUT2D eigenvalue weighted by molar-refractivity contribution is 5.81. The number of hydrogen-bond acceptors (Lipinski definition) is 2. The summed E-state index contributed by atoms with van der Waals surface area (Å²) in [6.07, 6.45) is 3.50. The van der Waals surface area contributed by atoms with Gasteiger partial charge in [0.2, 0.25) is 5.91 Å². The minimum absolute atomic E-state index is 0.384. The highest BCUT2D eigenvalue weighted by atomic mass is 16.1. The van der Waals surface area contributed by atoms with Crippen LogP contribution in [0.2, 0.25) is 0 Å². The second-order valence-corrected chi connectivity index (χ2v) is 3.39. The van der Waals surface area contributed by atoms with E-state index in [2.05, 4.69) is 5.10 Å². The van der Waals surface area contributed by atoms with Crippen LogP contribution in [0.4, 0.5) is 0 Å². The molecule has 4 nitrogen and oxygen atoms in total. The van der Waals surface area contributed by atoms with E-state index in [1.807, 2.05) is 6.92 Å². The van der Waals surface area contributed by atoms with Gasteiger partial charge < -0.3 is 5.73 Å². The number of aryl methyl sites for hydroxylation is 1. The zero-order chi connectivity index (χ0) is 9.35. The van der Waals surface area contributed by atoms with Crippen molar-refractivity contribution in [2.75, 3.05) is 0 Å².